The van der Waals surface area contributed by atoms with Gasteiger partial charge in [-0.25, -0.2) is 0 Å². The van der Waals surface area contributed by atoms with Crippen molar-refractivity contribution in [2.24, 2.45) is 10.4 Å². The van der Waals surface area contributed by atoms with Crippen LogP contribution in [-0.2, 0) is 13.0 Å². The maximum atomic E-state index is 4.47. The Morgan fingerprint density at radius 2 is 1.96 bits per heavy atom. The lowest BCUT2D eigenvalue weighted by atomic mass is 9.93. The second-order valence-corrected chi connectivity index (χ2v) is 7.60. The molecule has 1 fully saturated rings. The third-order valence-electron chi connectivity index (χ3n) is 5.11. The molecule has 1 N–H and O–H groups in total. The second-order valence-electron chi connectivity index (χ2n) is 7.60. The molecule has 5 heteroatoms. The van der Waals surface area contributed by atoms with Crippen molar-refractivity contribution in [1.82, 2.24) is 15.1 Å². The summed E-state index contributed by atoms with van der Waals surface area (Å²) >= 11 is 0. The molecule has 0 bridgehead atoms. The Morgan fingerprint density at radius 1 is 1.21 bits per heavy atom. The predicted molar refractivity (Wildman–Crippen MR) is 112 cm³/mol. The number of halogens is 1. The molecule has 0 radical (unpaired) electrons. The van der Waals surface area contributed by atoms with Crippen molar-refractivity contribution in [3.63, 3.8) is 0 Å². The molecule has 2 aliphatic heterocycles. The van der Waals surface area contributed by atoms with Crippen LogP contribution in [0.3, 0.4) is 0 Å². The van der Waals surface area contributed by atoms with Crippen molar-refractivity contribution in [2.75, 3.05) is 39.8 Å². The summed E-state index contributed by atoms with van der Waals surface area (Å²) in [6.45, 7) is 11.2. The van der Waals surface area contributed by atoms with Gasteiger partial charge in [0.1, 0.15) is 0 Å². The minimum atomic E-state index is 0. The monoisotopic (exact) mass is 442 g/mol. The Bertz CT molecular complexity index is 570. The van der Waals surface area contributed by atoms with Gasteiger partial charge in [-0.15, -0.1) is 24.0 Å². The first-order valence-corrected chi connectivity index (χ1v) is 8.82. The molecule has 1 aromatic rings. The molecule has 0 amide bonds. The molecule has 1 saturated heterocycles. The van der Waals surface area contributed by atoms with Crippen molar-refractivity contribution in [2.45, 2.75) is 33.2 Å². The van der Waals surface area contributed by atoms with Gasteiger partial charge in [0.25, 0.3) is 0 Å². The fraction of sp³-hybridized carbons (Fsp3) is 0.632. The van der Waals surface area contributed by atoms with E-state index in [-0.39, 0.29) is 24.0 Å². The number of hydrogen-bond acceptors (Lipinski definition) is 2. The van der Waals surface area contributed by atoms with E-state index in [1.54, 1.807) is 0 Å². The van der Waals surface area contributed by atoms with E-state index in [0.29, 0.717) is 5.41 Å². The number of nitrogens with zero attached hydrogens (tertiary/aromatic N) is 3. The van der Waals surface area contributed by atoms with Crippen LogP contribution in [-0.4, -0.2) is 55.5 Å². The lowest BCUT2D eigenvalue weighted by molar-refractivity contribution is 0.257. The molecule has 0 spiro atoms. The van der Waals surface area contributed by atoms with Gasteiger partial charge in [-0.3, -0.25) is 9.89 Å². The van der Waals surface area contributed by atoms with Gasteiger partial charge in [0, 0.05) is 46.3 Å². The average Bonchev–Trinajstić information content (AvgIpc) is 2.91. The fourth-order valence-corrected chi connectivity index (χ4v) is 3.70. The maximum Gasteiger partial charge on any atom is 0.193 e. The molecule has 24 heavy (non-hydrogen) atoms. The summed E-state index contributed by atoms with van der Waals surface area (Å²) in [5.74, 6) is 1.06. The molecular formula is C19H31IN4. The van der Waals surface area contributed by atoms with E-state index in [4.69, 9.17) is 0 Å². The highest BCUT2D eigenvalue weighted by molar-refractivity contribution is 14.0. The van der Waals surface area contributed by atoms with E-state index in [0.717, 1.165) is 45.2 Å². The first-order chi connectivity index (χ1) is 11.1. The summed E-state index contributed by atoms with van der Waals surface area (Å²) in [5, 5.41) is 3.55. The molecule has 2 aliphatic rings. The molecule has 134 valence electrons. The molecule has 0 aromatic heterocycles. The summed E-state index contributed by atoms with van der Waals surface area (Å²) in [6, 6.07) is 8.83. The van der Waals surface area contributed by atoms with Crippen molar-refractivity contribution < 1.29 is 0 Å². The molecular weight excluding hydrogens is 411 g/mol. The lowest BCUT2D eigenvalue weighted by Gasteiger charge is -2.29. The first kappa shape index (κ1) is 19.5. The molecule has 3 rings (SSSR count). The van der Waals surface area contributed by atoms with Gasteiger partial charge in [0.2, 0.25) is 0 Å². The Hall–Kier alpha value is -0.820. The summed E-state index contributed by atoms with van der Waals surface area (Å²) in [7, 11) is 1.89. The average molecular weight is 442 g/mol. The zero-order chi connectivity index (χ0) is 16.3. The van der Waals surface area contributed by atoms with E-state index in [1.807, 2.05) is 7.05 Å². The summed E-state index contributed by atoms with van der Waals surface area (Å²) < 4.78 is 0. The molecule has 0 saturated carbocycles. The van der Waals surface area contributed by atoms with Gasteiger partial charge in [-0.05, 0) is 29.4 Å². The molecule has 0 atom stereocenters. The van der Waals surface area contributed by atoms with Crippen molar-refractivity contribution in [3.8, 4) is 0 Å². The number of likely N-dealkylation sites (tertiary alicyclic amines) is 1. The Labute approximate surface area is 163 Å². The van der Waals surface area contributed by atoms with E-state index in [1.165, 1.54) is 24.0 Å². The number of fused-ring (bicyclic) bond motifs is 1. The van der Waals surface area contributed by atoms with Gasteiger partial charge in [0.15, 0.2) is 5.96 Å². The van der Waals surface area contributed by atoms with Gasteiger partial charge in [-0.2, -0.15) is 0 Å². The predicted octanol–water partition coefficient (Wildman–Crippen LogP) is 2.97. The first-order valence-electron chi connectivity index (χ1n) is 8.82. The van der Waals surface area contributed by atoms with Crippen LogP contribution in [0.5, 0.6) is 0 Å². The van der Waals surface area contributed by atoms with Crippen molar-refractivity contribution in [3.05, 3.63) is 35.4 Å². The fourth-order valence-electron chi connectivity index (χ4n) is 3.70. The van der Waals surface area contributed by atoms with Crippen LogP contribution in [0.1, 0.15) is 31.4 Å². The Kier molecular flexibility index (Phi) is 6.92. The number of nitrogens with one attached hydrogen (secondary N) is 1. The third kappa shape index (κ3) is 4.85. The summed E-state index contributed by atoms with van der Waals surface area (Å²) in [5.41, 5.74) is 3.42. The number of hydrogen-bond donors (Lipinski definition) is 1. The quantitative estimate of drug-likeness (QED) is 0.444. The number of guanidine groups is 1. The molecule has 1 aromatic carbocycles. The molecule has 2 heterocycles. The van der Waals surface area contributed by atoms with Crippen LogP contribution < -0.4 is 5.32 Å². The van der Waals surface area contributed by atoms with Crippen molar-refractivity contribution in [1.29, 1.82) is 0 Å². The smallest absolute Gasteiger partial charge is 0.193 e. The zero-order valence-electron chi connectivity index (χ0n) is 15.2. The zero-order valence-corrected chi connectivity index (χ0v) is 17.5. The highest BCUT2D eigenvalue weighted by atomic mass is 127. The highest BCUT2D eigenvalue weighted by Gasteiger charge is 2.30. The largest absolute Gasteiger partial charge is 0.355 e. The molecule has 4 nitrogen and oxygen atoms in total. The highest BCUT2D eigenvalue weighted by Crippen LogP contribution is 2.28. The third-order valence-corrected chi connectivity index (χ3v) is 5.11. The normalized spacial score (nSPS) is 20.5. The van der Waals surface area contributed by atoms with E-state index >= 15 is 0 Å². The van der Waals surface area contributed by atoms with E-state index in [2.05, 4.69) is 58.2 Å². The summed E-state index contributed by atoms with van der Waals surface area (Å²) in [4.78, 5) is 9.40. The number of rotatable bonds is 3. The van der Waals surface area contributed by atoms with Crippen LogP contribution in [0.15, 0.2) is 29.3 Å². The van der Waals surface area contributed by atoms with Gasteiger partial charge >= 0.3 is 0 Å². The van der Waals surface area contributed by atoms with Crippen LogP contribution >= 0.6 is 24.0 Å². The SMILES string of the molecule is CN=C(NCCN1CCc2ccccc2C1)N1CCC(C)(C)C1.I. The standard InChI is InChI=1S/C19H30N4.HI/c1-19(2)9-12-23(15-19)18(20-3)21-10-13-22-11-8-16-6-4-5-7-17(16)14-22;/h4-7H,8-15H2,1-3H3,(H,20,21);1H. The van der Waals surface area contributed by atoms with Gasteiger partial charge in [0.05, 0.1) is 0 Å². The second kappa shape index (κ2) is 8.52. The van der Waals surface area contributed by atoms with Gasteiger partial charge < -0.3 is 10.2 Å². The molecule has 0 unspecified atom stereocenters. The summed E-state index contributed by atoms with van der Waals surface area (Å²) in [6.07, 6.45) is 2.42. The van der Waals surface area contributed by atoms with Gasteiger partial charge in [-0.1, -0.05) is 38.1 Å². The number of aliphatic imine (C=N–C) groups is 1. The van der Waals surface area contributed by atoms with Crippen LogP contribution in [0.4, 0.5) is 0 Å². The van der Waals surface area contributed by atoms with Crippen molar-refractivity contribution >= 4 is 29.9 Å². The number of benzene rings is 1. The van der Waals surface area contributed by atoms with Crippen LogP contribution in [0, 0.1) is 5.41 Å². The van der Waals surface area contributed by atoms with Crippen LogP contribution in [0.2, 0.25) is 0 Å². The van der Waals surface area contributed by atoms with E-state index < -0.39 is 0 Å². The minimum Gasteiger partial charge on any atom is -0.355 e. The Balaban J connectivity index is 0.00000208. The lowest BCUT2D eigenvalue weighted by Crippen LogP contribution is -2.44. The van der Waals surface area contributed by atoms with Crippen LogP contribution in [0.25, 0.3) is 0 Å². The minimum absolute atomic E-state index is 0. The van der Waals surface area contributed by atoms with E-state index in [9.17, 15) is 0 Å². The maximum absolute atomic E-state index is 4.47. The molecule has 0 aliphatic carbocycles. The topological polar surface area (TPSA) is 30.9 Å². The Morgan fingerprint density at radius 3 is 2.62 bits per heavy atom.